The highest BCUT2D eigenvalue weighted by molar-refractivity contribution is 9.10. The van der Waals surface area contributed by atoms with Gasteiger partial charge in [-0.15, -0.1) is 0 Å². The number of nitrogens with one attached hydrogen (secondary N) is 1. The summed E-state index contributed by atoms with van der Waals surface area (Å²) < 4.78 is 2.20. The number of aromatic nitrogens is 2. The second-order valence-electron chi connectivity index (χ2n) is 5.70. The number of fused-ring (bicyclic) bond motifs is 2. The predicted molar refractivity (Wildman–Crippen MR) is 72.7 cm³/mol. The van der Waals surface area contributed by atoms with Crippen molar-refractivity contribution in [1.29, 1.82) is 0 Å². The molecule has 1 aromatic rings. The van der Waals surface area contributed by atoms with E-state index in [0.29, 0.717) is 10.4 Å². The first-order valence-corrected chi connectivity index (χ1v) is 7.34. The van der Waals surface area contributed by atoms with Crippen LogP contribution in [-0.4, -0.2) is 9.55 Å². The molecule has 0 radical (unpaired) electrons. The van der Waals surface area contributed by atoms with Gasteiger partial charge in [-0.05, 0) is 59.9 Å². The van der Waals surface area contributed by atoms with Crippen LogP contribution in [0.2, 0.25) is 0 Å². The Morgan fingerprint density at radius 1 is 1.33 bits per heavy atom. The molecular weight excluding hydrogens is 296 g/mol. The Bertz CT molecular complexity index is 590. The third kappa shape index (κ3) is 1.88. The minimum absolute atomic E-state index is 0.275. The molecule has 2 saturated carbocycles. The fourth-order valence-electron chi connectivity index (χ4n) is 3.71. The van der Waals surface area contributed by atoms with Crippen LogP contribution in [0.15, 0.2) is 14.1 Å². The fourth-order valence-corrected chi connectivity index (χ4v) is 4.02. The number of nitrogens with zero attached hydrogens (tertiary/aromatic N) is 1. The minimum Gasteiger partial charge on any atom is -0.297 e. The maximum Gasteiger partial charge on any atom is 0.328 e. The van der Waals surface area contributed by atoms with Crippen LogP contribution in [0.25, 0.3) is 0 Å². The maximum absolute atomic E-state index is 11.9. The average Bonchev–Trinajstić information content (AvgIpc) is 2.94. The first kappa shape index (κ1) is 12.2. The Morgan fingerprint density at radius 3 is 2.72 bits per heavy atom. The van der Waals surface area contributed by atoms with Crippen LogP contribution in [0.1, 0.15) is 31.4 Å². The summed E-state index contributed by atoms with van der Waals surface area (Å²) in [6.45, 7) is 2.58. The van der Waals surface area contributed by atoms with Crippen molar-refractivity contribution in [3.8, 4) is 0 Å². The second-order valence-corrected chi connectivity index (χ2v) is 6.50. The van der Waals surface area contributed by atoms with Crippen molar-refractivity contribution in [2.75, 3.05) is 0 Å². The summed E-state index contributed by atoms with van der Waals surface area (Å²) in [5.41, 5.74) is 0.136. The Balaban J connectivity index is 1.92. The van der Waals surface area contributed by atoms with E-state index >= 15 is 0 Å². The highest BCUT2D eigenvalue weighted by Gasteiger charge is 2.39. The molecule has 2 bridgehead atoms. The molecule has 0 amide bonds. The highest BCUT2D eigenvalue weighted by atomic mass is 79.9. The van der Waals surface area contributed by atoms with Crippen LogP contribution in [0.4, 0.5) is 0 Å². The van der Waals surface area contributed by atoms with Crippen molar-refractivity contribution in [2.45, 2.75) is 39.2 Å². The van der Waals surface area contributed by atoms with E-state index in [2.05, 4.69) is 20.9 Å². The van der Waals surface area contributed by atoms with Gasteiger partial charge in [0.25, 0.3) is 5.56 Å². The van der Waals surface area contributed by atoms with Gasteiger partial charge in [0.1, 0.15) is 4.47 Å². The lowest BCUT2D eigenvalue weighted by Crippen LogP contribution is -2.35. The molecule has 1 heterocycles. The van der Waals surface area contributed by atoms with Gasteiger partial charge in [0.05, 0.1) is 0 Å². The normalized spacial score (nSPS) is 30.0. The average molecular weight is 313 g/mol. The molecule has 0 spiro atoms. The van der Waals surface area contributed by atoms with E-state index in [4.69, 9.17) is 0 Å². The molecule has 3 unspecified atom stereocenters. The topological polar surface area (TPSA) is 54.9 Å². The second kappa shape index (κ2) is 4.37. The van der Waals surface area contributed by atoms with Crippen molar-refractivity contribution in [3.05, 3.63) is 31.0 Å². The van der Waals surface area contributed by atoms with E-state index in [-0.39, 0.29) is 11.2 Å². The fraction of sp³-hybridized carbons (Fsp3) is 0.692. The molecule has 1 N–H and O–H groups in total. The van der Waals surface area contributed by atoms with Gasteiger partial charge in [-0.25, -0.2) is 4.79 Å². The van der Waals surface area contributed by atoms with E-state index in [1.165, 1.54) is 25.7 Å². The quantitative estimate of drug-likeness (QED) is 0.908. The lowest BCUT2D eigenvalue weighted by molar-refractivity contribution is 0.289. The van der Waals surface area contributed by atoms with Gasteiger partial charge in [-0.2, -0.15) is 0 Å². The maximum atomic E-state index is 11.9. The zero-order valence-corrected chi connectivity index (χ0v) is 12.0. The summed E-state index contributed by atoms with van der Waals surface area (Å²) in [5.74, 6) is 2.27. The van der Waals surface area contributed by atoms with Crippen molar-refractivity contribution in [3.63, 3.8) is 0 Å². The number of hydrogen-bond donors (Lipinski definition) is 1. The Hall–Kier alpha value is -0.840. The molecule has 2 aliphatic rings. The number of hydrogen-bond acceptors (Lipinski definition) is 2. The zero-order valence-electron chi connectivity index (χ0n) is 10.4. The third-order valence-electron chi connectivity index (χ3n) is 4.69. The van der Waals surface area contributed by atoms with Crippen LogP contribution in [0.5, 0.6) is 0 Å². The van der Waals surface area contributed by atoms with Crippen LogP contribution in [-0.2, 0) is 6.54 Å². The lowest BCUT2D eigenvalue weighted by atomic mass is 9.89. The standard InChI is InChI=1S/C13H17BrN2O2/c1-7-11(14)12(17)15-13(18)16(7)6-10-5-8-2-3-9(10)4-8/h8-10H,2-6H2,1H3,(H,15,17,18). The van der Waals surface area contributed by atoms with Crippen LogP contribution in [0.3, 0.4) is 0 Å². The van der Waals surface area contributed by atoms with Gasteiger partial charge in [0.15, 0.2) is 0 Å². The molecule has 0 aromatic carbocycles. The molecule has 5 heteroatoms. The van der Waals surface area contributed by atoms with Gasteiger partial charge < -0.3 is 0 Å². The van der Waals surface area contributed by atoms with Crippen LogP contribution in [0, 0.1) is 24.7 Å². The zero-order chi connectivity index (χ0) is 12.9. The molecule has 98 valence electrons. The number of rotatable bonds is 2. The van der Waals surface area contributed by atoms with E-state index in [9.17, 15) is 9.59 Å². The largest absolute Gasteiger partial charge is 0.328 e. The molecule has 0 saturated heterocycles. The lowest BCUT2D eigenvalue weighted by Gasteiger charge is -2.23. The molecule has 2 fully saturated rings. The first-order chi connectivity index (χ1) is 8.56. The molecule has 2 aliphatic carbocycles. The van der Waals surface area contributed by atoms with Crippen molar-refractivity contribution < 1.29 is 0 Å². The Labute approximate surface area is 114 Å². The van der Waals surface area contributed by atoms with Gasteiger partial charge >= 0.3 is 5.69 Å². The van der Waals surface area contributed by atoms with E-state index in [1.54, 1.807) is 4.57 Å². The number of halogens is 1. The van der Waals surface area contributed by atoms with Gasteiger partial charge in [0.2, 0.25) is 0 Å². The van der Waals surface area contributed by atoms with E-state index in [0.717, 1.165) is 24.1 Å². The molecule has 3 atom stereocenters. The minimum atomic E-state index is -0.332. The molecule has 1 aromatic heterocycles. The van der Waals surface area contributed by atoms with Gasteiger partial charge in [-0.1, -0.05) is 6.42 Å². The van der Waals surface area contributed by atoms with E-state index in [1.807, 2.05) is 6.92 Å². The summed E-state index contributed by atoms with van der Waals surface area (Å²) in [7, 11) is 0. The van der Waals surface area contributed by atoms with Crippen LogP contribution >= 0.6 is 15.9 Å². The molecular formula is C13H17BrN2O2. The van der Waals surface area contributed by atoms with E-state index < -0.39 is 0 Å². The molecule has 3 rings (SSSR count). The van der Waals surface area contributed by atoms with Crippen molar-refractivity contribution in [2.24, 2.45) is 17.8 Å². The van der Waals surface area contributed by atoms with Gasteiger partial charge in [0, 0.05) is 12.2 Å². The predicted octanol–water partition coefficient (Wildman–Crippen LogP) is 2.04. The Morgan fingerprint density at radius 2 is 2.11 bits per heavy atom. The van der Waals surface area contributed by atoms with Crippen molar-refractivity contribution in [1.82, 2.24) is 9.55 Å². The summed E-state index contributed by atoms with van der Waals surface area (Å²) >= 11 is 3.25. The monoisotopic (exact) mass is 312 g/mol. The van der Waals surface area contributed by atoms with Gasteiger partial charge in [-0.3, -0.25) is 14.3 Å². The Kier molecular flexibility index (Phi) is 2.96. The summed E-state index contributed by atoms with van der Waals surface area (Å²) in [5, 5.41) is 0. The molecule has 4 nitrogen and oxygen atoms in total. The molecule has 18 heavy (non-hydrogen) atoms. The summed E-state index contributed by atoms with van der Waals surface area (Å²) in [6, 6.07) is 0. The smallest absolute Gasteiger partial charge is 0.297 e. The first-order valence-electron chi connectivity index (χ1n) is 6.55. The summed E-state index contributed by atoms with van der Waals surface area (Å²) in [4.78, 5) is 25.7. The van der Waals surface area contributed by atoms with Crippen LogP contribution < -0.4 is 11.2 Å². The van der Waals surface area contributed by atoms with Crippen molar-refractivity contribution >= 4 is 15.9 Å². The number of aromatic amines is 1. The molecule has 0 aliphatic heterocycles. The third-order valence-corrected chi connectivity index (χ3v) is 5.62. The SMILES string of the molecule is Cc1c(Br)c(=O)[nH]c(=O)n1CC1CC2CCC1C2. The number of H-pyrrole nitrogens is 1. The summed E-state index contributed by atoms with van der Waals surface area (Å²) in [6.07, 6.45) is 5.26. The highest BCUT2D eigenvalue weighted by Crippen LogP contribution is 2.48.